The standard InChI is InChI=1S/C28H27NO4S/c1-17-5-11-23(12-6-17)34(31,32)29-16-21-15-25(30)27(20-7-9-22(33-4)10-8-20)26(21)24-14-18(2)13-19(3)28(24)29/h5-14,21H,15-16H2,1-4H3/t21-/m0/s1. The van der Waals surface area contributed by atoms with Crippen molar-refractivity contribution in [1.82, 2.24) is 0 Å². The lowest BCUT2D eigenvalue weighted by Gasteiger charge is -2.36. The Kier molecular flexibility index (Phi) is 5.36. The van der Waals surface area contributed by atoms with E-state index in [-0.39, 0.29) is 23.1 Å². The molecule has 3 aromatic rings. The number of methoxy groups -OCH3 is 1. The van der Waals surface area contributed by atoms with Crippen LogP contribution in [0.25, 0.3) is 11.1 Å². The van der Waals surface area contributed by atoms with E-state index < -0.39 is 10.0 Å². The molecule has 0 unspecified atom stereocenters. The number of benzene rings is 3. The van der Waals surface area contributed by atoms with Crippen LogP contribution in [-0.4, -0.2) is 27.9 Å². The molecular weight excluding hydrogens is 446 g/mol. The molecule has 0 amide bonds. The van der Waals surface area contributed by atoms with Crippen molar-refractivity contribution >= 4 is 32.6 Å². The average molecular weight is 474 g/mol. The fraction of sp³-hybridized carbons (Fsp3) is 0.250. The van der Waals surface area contributed by atoms with E-state index in [2.05, 4.69) is 0 Å². The van der Waals surface area contributed by atoms with Crippen LogP contribution in [0.1, 0.15) is 34.2 Å². The maximum Gasteiger partial charge on any atom is 0.264 e. The first-order chi connectivity index (χ1) is 16.2. The molecule has 2 aliphatic rings. The summed E-state index contributed by atoms with van der Waals surface area (Å²) in [4.78, 5) is 13.5. The Bertz CT molecular complexity index is 1430. The van der Waals surface area contributed by atoms with Crippen LogP contribution >= 0.6 is 0 Å². The minimum absolute atomic E-state index is 0.0462. The Morgan fingerprint density at radius 3 is 2.24 bits per heavy atom. The van der Waals surface area contributed by atoms with Gasteiger partial charge in [-0.25, -0.2) is 8.42 Å². The van der Waals surface area contributed by atoms with Gasteiger partial charge in [0.1, 0.15) is 5.75 Å². The molecule has 1 aliphatic heterocycles. The van der Waals surface area contributed by atoms with Crippen LogP contribution in [-0.2, 0) is 14.8 Å². The number of aryl methyl sites for hydroxylation is 3. The van der Waals surface area contributed by atoms with E-state index in [1.165, 1.54) is 4.31 Å². The van der Waals surface area contributed by atoms with Crippen molar-refractivity contribution in [3.8, 4) is 5.75 Å². The number of ketones is 1. The summed E-state index contributed by atoms with van der Waals surface area (Å²) in [6.07, 6.45) is 0.295. The van der Waals surface area contributed by atoms with E-state index in [9.17, 15) is 13.2 Å². The number of fused-ring (bicyclic) bond motifs is 3. The molecule has 3 aromatic carbocycles. The number of nitrogens with zero attached hydrogens (tertiary/aromatic N) is 1. The molecule has 6 heteroatoms. The van der Waals surface area contributed by atoms with Crippen molar-refractivity contribution in [1.29, 1.82) is 0 Å². The Labute approximate surface area is 200 Å². The third kappa shape index (κ3) is 3.53. The molecule has 0 saturated carbocycles. The SMILES string of the molecule is COc1ccc(C2=C3c4cc(C)cc(C)c4N(S(=O)(=O)c4ccc(C)cc4)C[C@@H]3CC2=O)cc1. The number of sulfonamides is 1. The molecule has 1 heterocycles. The number of Topliss-reactive ketones (excluding diaryl/α,β-unsaturated/α-hetero) is 1. The van der Waals surface area contributed by atoms with Gasteiger partial charge in [0.15, 0.2) is 5.78 Å². The van der Waals surface area contributed by atoms with Gasteiger partial charge in [-0.2, -0.15) is 0 Å². The molecule has 0 bridgehead atoms. The molecule has 1 aliphatic carbocycles. The normalized spacial score (nSPS) is 17.6. The molecule has 174 valence electrons. The van der Waals surface area contributed by atoms with Crippen molar-refractivity contribution in [2.45, 2.75) is 32.1 Å². The number of rotatable bonds is 4. The lowest BCUT2D eigenvalue weighted by molar-refractivity contribution is -0.113. The lowest BCUT2D eigenvalue weighted by atomic mass is 9.85. The highest BCUT2D eigenvalue weighted by molar-refractivity contribution is 7.92. The zero-order valence-corrected chi connectivity index (χ0v) is 20.6. The van der Waals surface area contributed by atoms with Gasteiger partial charge in [-0.15, -0.1) is 0 Å². The maximum absolute atomic E-state index is 13.8. The Morgan fingerprint density at radius 1 is 0.912 bits per heavy atom. The van der Waals surface area contributed by atoms with Crippen LogP contribution in [0.5, 0.6) is 5.75 Å². The summed E-state index contributed by atoms with van der Waals surface area (Å²) in [5.74, 6) is 0.575. The van der Waals surface area contributed by atoms with Gasteiger partial charge < -0.3 is 4.74 Å². The van der Waals surface area contributed by atoms with E-state index >= 15 is 0 Å². The number of carbonyl (C=O) groups excluding carboxylic acids is 1. The van der Waals surface area contributed by atoms with Gasteiger partial charge in [-0.3, -0.25) is 9.10 Å². The minimum Gasteiger partial charge on any atom is -0.497 e. The fourth-order valence-electron chi connectivity index (χ4n) is 5.21. The Balaban J connectivity index is 1.73. The largest absolute Gasteiger partial charge is 0.497 e. The molecule has 0 radical (unpaired) electrons. The number of anilines is 1. The molecule has 0 spiro atoms. The number of hydrogen-bond donors (Lipinski definition) is 0. The van der Waals surface area contributed by atoms with Gasteiger partial charge in [-0.05, 0) is 67.8 Å². The van der Waals surface area contributed by atoms with Gasteiger partial charge in [0.25, 0.3) is 10.0 Å². The molecule has 0 saturated heterocycles. The predicted molar refractivity (Wildman–Crippen MR) is 135 cm³/mol. The van der Waals surface area contributed by atoms with Crippen LogP contribution in [0.3, 0.4) is 0 Å². The maximum atomic E-state index is 13.8. The van der Waals surface area contributed by atoms with E-state index in [1.807, 2.05) is 69.3 Å². The summed E-state index contributed by atoms with van der Waals surface area (Å²) in [5.41, 5.74) is 6.89. The minimum atomic E-state index is -3.79. The third-order valence-electron chi connectivity index (χ3n) is 6.75. The summed E-state index contributed by atoms with van der Waals surface area (Å²) in [6, 6.07) is 18.5. The van der Waals surface area contributed by atoms with Crippen LogP contribution in [0.2, 0.25) is 0 Å². The Hall–Kier alpha value is -3.38. The predicted octanol–water partition coefficient (Wildman–Crippen LogP) is 5.33. The topological polar surface area (TPSA) is 63.7 Å². The van der Waals surface area contributed by atoms with Crippen LogP contribution in [0.15, 0.2) is 65.6 Å². The first-order valence-corrected chi connectivity index (χ1v) is 12.8. The smallest absolute Gasteiger partial charge is 0.264 e. The van der Waals surface area contributed by atoms with Crippen LogP contribution in [0.4, 0.5) is 5.69 Å². The van der Waals surface area contributed by atoms with Crippen molar-refractivity contribution in [2.24, 2.45) is 5.92 Å². The number of allylic oxidation sites excluding steroid dienone is 1. The summed E-state index contributed by atoms with van der Waals surface area (Å²) >= 11 is 0. The summed E-state index contributed by atoms with van der Waals surface area (Å²) in [7, 11) is -2.18. The molecule has 34 heavy (non-hydrogen) atoms. The second-order valence-corrected chi connectivity index (χ2v) is 11.0. The van der Waals surface area contributed by atoms with Crippen molar-refractivity contribution in [3.63, 3.8) is 0 Å². The molecule has 0 fully saturated rings. The lowest BCUT2D eigenvalue weighted by Crippen LogP contribution is -2.39. The van der Waals surface area contributed by atoms with Crippen molar-refractivity contribution in [2.75, 3.05) is 18.0 Å². The fourth-order valence-corrected chi connectivity index (χ4v) is 6.80. The Morgan fingerprint density at radius 2 is 1.59 bits per heavy atom. The van der Waals surface area contributed by atoms with E-state index in [4.69, 9.17) is 4.74 Å². The third-order valence-corrected chi connectivity index (χ3v) is 8.53. The zero-order chi connectivity index (χ0) is 24.2. The summed E-state index contributed by atoms with van der Waals surface area (Å²) in [6.45, 7) is 6.11. The second-order valence-electron chi connectivity index (χ2n) is 9.17. The molecule has 0 aromatic heterocycles. The first-order valence-electron chi connectivity index (χ1n) is 11.3. The summed E-state index contributed by atoms with van der Waals surface area (Å²) < 4.78 is 34.4. The molecule has 0 N–H and O–H groups in total. The number of ether oxygens (including phenoxy) is 1. The summed E-state index contributed by atoms with van der Waals surface area (Å²) in [5, 5.41) is 0. The number of carbonyl (C=O) groups is 1. The van der Waals surface area contributed by atoms with E-state index in [1.54, 1.807) is 19.2 Å². The van der Waals surface area contributed by atoms with E-state index in [0.29, 0.717) is 17.7 Å². The zero-order valence-electron chi connectivity index (χ0n) is 19.8. The number of hydrogen-bond acceptors (Lipinski definition) is 4. The van der Waals surface area contributed by atoms with Gasteiger partial charge in [0, 0.05) is 30.0 Å². The van der Waals surface area contributed by atoms with Gasteiger partial charge >= 0.3 is 0 Å². The second kappa shape index (κ2) is 8.13. The van der Waals surface area contributed by atoms with Crippen molar-refractivity contribution in [3.05, 3.63) is 88.5 Å². The average Bonchev–Trinajstić information content (AvgIpc) is 3.14. The van der Waals surface area contributed by atoms with Crippen molar-refractivity contribution < 1.29 is 17.9 Å². The van der Waals surface area contributed by atoms with Crippen LogP contribution < -0.4 is 9.04 Å². The van der Waals surface area contributed by atoms with Gasteiger partial charge in [-0.1, -0.05) is 41.5 Å². The molecule has 1 atom stereocenters. The molecule has 5 nitrogen and oxygen atoms in total. The monoisotopic (exact) mass is 473 g/mol. The quantitative estimate of drug-likeness (QED) is 0.514. The van der Waals surface area contributed by atoms with Gasteiger partial charge in [0.05, 0.1) is 17.7 Å². The highest BCUT2D eigenvalue weighted by Crippen LogP contribution is 2.51. The molecule has 5 rings (SSSR count). The van der Waals surface area contributed by atoms with Crippen LogP contribution in [0, 0.1) is 26.7 Å². The first kappa shape index (κ1) is 22.4. The highest BCUT2D eigenvalue weighted by atomic mass is 32.2. The van der Waals surface area contributed by atoms with E-state index in [0.717, 1.165) is 39.1 Å². The highest BCUT2D eigenvalue weighted by Gasteiger charge is 2.43. The van der Waals surface area contributed by atoms with Gasteiger partial charge in [0.2, 0.25) is 0 Å². The molecular formula is C28H27NO4S.